The highest BCUT2D eigenvalue weighted by atomic mass is 16.1. The van der Waals surface area contributed by atoms with E-state index in [-0.39, 0.29) is 5.91 Å². The van der Waals surface area contributed by atoms with Crippen molar-refractivity contribution in [3.8, 4) is 0 Å². The predicted octanol–water partition coefficient (Wildman–Crippen LogP) is 3.81. The Balaban J connectivity index is 1.61. The van der Waals surface area contributed by atoms with Crippen molar-refractivity contribution >= 4 is 23.1 Å². The molecule has 0 saturated heterocycles. The lowest BCUT2D eigenvalue weighted by molar-refractivity contribution is 0.102. The summed E-state index contributed by atoms with van der Waals surface area (Å²) in [5, 5.41) is 2.86. The minimum atomic E-state index is -0.236. The number of hydrogen-bond acceptors (Lipinski definition) is 4. The van der Waals surface area contributed by atoms with E-state index in [4.69, 9.17) is 0 Å². The van der Waals surface area contributed by atoms with Crippen molar-refractivity contribution in [2.45, 2.75) is 12.8 Å². The molecule has 1 N–H and O–H groups in total. The van der Waals surface area contributed by atoms with E-state index in [2.05, 4.69) is 38.4 Å². The number of anilines is 3. The van der Waals surface area contributed by atoms with Gasteiger partial charge in [0.05, 0.1) is 0 Å². The van der Waals surface area contributed by atoms with Gasteiger partial charge in [0.1, 0.15) is 17.8 Å². The molecule has 5 nitrogen and oxygen atoms in total. The minimum absolute atomic E-state index is 0.236. The van der Waals surface area contributed by atoms with E-state index in [0.29, 0.717) is 5.69 Å². The Morgan fingerprint density at radius 2 is 1.80 bits per heavy atom. The second-order valence-electron chi connectivity index (χ2n) is 5.97. The summed E-state index contributed by atoms with van der Waals surface area (Å²) in [6.45, 7) is 0.883. The molecule has 3 aromatic rings. The second-order valence-corrected chi connectivity index (χ2v) is 5.97. The van der Waals surface area contributed by atoms with Gasteiger partial charge in [0.2, 0.25) is 0 Å². The highest BCUT2D eigenvalue weighted by molar-refractivity contribution is 6.03. The molecule has 2 aromatic carbocycles. The number of para-hydroxylation sites is 2. The molecule has 1 aromatic heterocycles. The van der Waals surface area contributed by atoms with Gasteiger partial charge in [-0.3, -0.25) is 4.79 Å². The lowest BCUT2D eigenvalue weighted by Gasteiger charge is -2.30. The normalized spacial score (nSPS) is 13.2. The number of nitrogens with zero attached hydrogens (tertiary/aromatic N) is 3. The first-order valence-corrected chi connectivity index (χ1v) is 8.35. The topological polar surface area (TPSA) is 58.1 Å². The average molecular weight is 330 g/mol. The molecule has 4 rings (SSSR count). The molecule has 0 saturated carbocycles. The van der Waals surface area contributed by atoms with Crippen molar-refractivity contribution in [1.29, 1.82) is 0 Å². The van der Waals surface area contributed by atoms with Gasteiger partial charge in [-0.15, -0.1) is 0 Å². The van der Waals surface area contributed by atoms with Crippen molar-refractivity contribution in [1.82, 2.24) is 9.97 Å². The van der Waals surface area contributed by atoms with Crippen LogP contribution in [0, 0.1) is 0 Å². The molecule has 5 heteroatoms. The van der Waals surface area contributed by atoms with Gasteiger partial charge in [0.15, 0.2) is 0 Å². The summed E-state index contributed by atoms with van der Waals surface area (Å²) in [6, 6.07) is 19.4. The van der Waals surface area contributed by atoms with Crippen LogP contribution in [-0.2, 0) is 6.42 Å². The number of carbonyl (C=O) groups excluding carboxylic acids is 1. The molecule has 25 heavy (non-hydrogen) atoms. The fourth-order valence-corrected chi connectivity index (χ4v) is 3.11. The van der Waals surface area contributed by atoms with E-state index in [9.17, 15) is 4.79 Å². The molecule has 1 aliphatic heterocycles. The Labute approximate surface area is 146 Å². The van der Waals surface area contributed by atoms with Crippen LogP contribution in [0.1, 0.15) is 22.5 Å². The predicted molar refractivity (Wildman–Crippen MR) is 98.2 cm³/mol. The largest absolute Gasteiger partial charge is 0.326 e. The highest BCUT2D eigenvalue weighted by Crippen LogP contribution is 2.32. The Bertz CT molecular complexity index is 895. The highest BCUT2D eigenvalue weighted by Gasteiger charge is 2.20. The molecule has 0 atom stereocenters. The maximum absolute atomic E-state index is 12.5. The molecule has 0 bridgehead atoms. The molecule has 124 valence electrons. The number of fused-ring (bicyclic) bond motifs is 1. The molecule has 0 unspecified atom stereocenters. The summed E-state index contributed by atoms with van der Waals surface area (Å²) in [7, 11) is 0. The fraction of sp³-hybridized carbons (Fsp3) is 0.150. The first-order chi connectivity index (χ1) is 12.3. The van der Waals surface area contributed by atoms with Crippen molar-refractivity contribution in [2.24, 2.45) is 0 Å². The van der Waals surface area contributed by atoms with Gasteiger partial charge < -0.3 is 10.2 Å². The van der Waals surface area contributed by atoms with Crippen LogP contribution in [0.4, 0.5) is 17.2 Å². The number of aryl methyl sites for hydroxylation is 1. The van der Waals surface area contributed by atoms with Gasteiger partial charge in [-0.05, 0) is 36.6 Å². The number of nitrogens with one attached hydrogen (secondary N) is 1. The van der Waals surface area contributed by atoms with Gasteiger partial charge in [-0.1, -0.05) is 36.4 Å². The van der Waals surface area contributed by atoms with E-state index in [0.717, 1.165) is 36.6 Å². The van der Waals surface area contributed by atoms with Crippen molar-refractivity contribution < 1.29 is 4.79 Å². The van der Waals surface area contributed by atoms with Crippen LogP contribution < -0.4 is 10.2 Å². The number of carbonyl (C=O) groups is 1. The number of benzene rings is 2. The maximum atomic E-state index is 12.5. The quantitative estimate of drug-likeness (QED) is 0.793. The van der Waals surface area contributed by atoms with E-state index >= 15 is 0 Å². The van der Waals surface area contributed by atoms with Gasteiger partial charge in [-0.25, -0.2) is 9.97 Å². The molecule has 0 radical (unpaired) electrons. The van der Waals surface area contributed by atoms with Crippen molar-refractivity contribution in [2.75, 3.05) is 16.8 Å². The molecule has 0 fully saturated rings. The lowest BCUT2D eigenvalue weighted by atomic mass is 10.0. The van der Waals surface area contributed by atoms with Crippen LogP contribution in [0.15, 0.2) is 67.0 Å². The summed E-state index contributed by atoms with van der Waals surface area (Å²) in [4.78, 5) is 23.2. The standard InChI is InChI=1S/C20H18N4O/c25-20(23-16-9-2-1-3-10-16)17-13-19(22-14-21-17)24-12-6-8-15-7-4-5-11-18(15)24/h1-5,7,9-11,13-14H,6,8,12H2,(H,23,25). The second kappa shape index (κ2) is 6.73. The Hall–Kier alpha value is -3.21. The monoisotopic (exact) mass is 330 g/mol. The summed E-state index contributed by atoms with van der Waals surface area (Å²) in [5.41, 5.74) is 3.57. The van der Waals surface area contributed by atoms with Crippen LogP contribution in [0.2, 0.25) is 0 Å². The van der Waals surface area contributed by atoms with Gasteiger partial charge >= 0.3 is 0 Å². The number of hydrogen-bond donors (Lipinski definition) is 1. The number of aromatic nitrogens is 2. The third-order valence-electron chi connectivity index (χ3n) is 4.30. The van der Waals surface area contributed by atoms with E-state index in [1.54, 1.807) is 6.07 Å². The fourth-order valence-electron chi connectivity index (χ4n) is 3.11. The zero-order chi connectivity index (χ0) is 17.1. The van der Waals surface area contributed by atoms with Crippen molar-refractivity contribution in [3.63, 3.8) is 0 Å². The summed E-state index contributed by atoms with van der Waals surface area (Å²) in [5.74, 6) is 0.514. The lowest BCUT2D eigenvalue weighted by Crippen LogP contribution is -2.26. The summed E-state index contributed by atoms with van der Waals surface area (Å²) >= 11 is 0. The SMILES string of the molecule is O=C(Nc1ccccc1)c1cc(N2CCCc3ccccc32)ncn1. The first-order valence-electron chi connectivity index (χ1n) is 8.35. The Kier molecular flexibility index (Phi) is 4.12. The Morgan fingerprint density at radius 1 is 1.00 bits per heavy atom. The van der Waals surface area contributed by atoms with Crippen LogP contribution in [0.25, 0.3) is 0 Å². The minimum Gasteiger partial charge on any atom is -0.326 e. The first kappa shape index (κ1) is 15.3. The number of amides is 1. The Morgan fingerprint density at radius 3 is 2.68 bits per heavy atom. The molecular formula is C20H18N4O. The van der Waals surface area contributed by atoms with Crippen LogP contribution in [0.5, 0.6) is 0 Å². The van der Waals surface area contributed by atoms with E-state index in [1.165, 1.54) is 11.9 Å². The summed E-state index contributed by atoms with van der Waals surface area (Å²) in [6.07, 6.45) is 3.58. The van der Waals surface area contributed by atoms with Gasteiger partial charge in [-0.2, -0.15) is 0 Å². The van der Waals surface area contributed by atoms with E-state index in [1.807, 2.05) is 36.4 Å². The smallest absolute Gasteiger partial charge is 0.274 e. The van der Waals surface area contributed by atoms with Crippen LogP contribution >= 0.6 is 0 Å². The van der Waals surface area contributed by atoms with Gasteiger partial charge in [0, 0.05) is 24.0 Å². The third-order valence-corrected chi connectivity index (χ3v) is 4.30. The zero-order valence-electron chi connectivity index (χ0n) is 13.7. The molecule has 2 heterocycles. The molecule has 0 aliphatic carbocycles. The average Bonchev–Trinajstić information content (AvgIpc) is 2.68. The van der Waals surface area contributed by atoms with Crippen LogP contribution in [0.3, 0.4) is 0 Å². The molecule has 0 spiro atoms. The summed E-state index contributed by atoms with van der Waals surface area (Å²) < 4.78 is 0. The number of rotatable bonds is 3. The zero-order valence-corrected chi connectivity index (χ0v) is 13.7. The van der Waals surface area contributed by atoms with Gasteiger partial charge in [0.25, 0.3) is 5.91 Å². The molecule has 1 amide bonds. The van der Waals surface area contributed by atoms with E-state index < -0.39 is 0 Å². The third kappa shape index (κ3) is 3.21. The van der Waals surface area contributed by atoms with Crippen LogP contribution in [-0.4, -0.2) is 22.4 Å². The molecular weight excluding hydrogens is 312 g/mol. The maximum Gasteiger partial charge on any atom is 0.274 e. The molecule has 1 aliphatic rings. The van der Waals surface area contributed by atoms with Crippen molar-refractivity contribution in [3.05, 3.63) is 78.2 Å².